The summed E-state index contributed by atoms with van der Waals surface area (Å²) in [6.45, 7) is -0.256. The number of hydrogen-bond donors (Lipinski definition) is 1. The highest BCUT2D eigenvalue weighted by molar-refractivity contribution is 5.06. The number of aliphatic hydroxyl groups excluding tert-OH is 1. The van der Waals surface area contributed by atoms with E-state index in [1.54, 1.807) is 0 Å². The Hall–Kier alpha value is -0.110. The lowest BCUT2D eigenvalue weighted by atomic mass is 9.85. The molecule has 0 unspecified atom stereocenters. The first-order chi connectivity index (χ1) is 5.76. The number of alkyl halides is 1. The van der Waals surface area contributed by atoms with E-state index in [9.17, 15) is 4.39 Å². The molecule has 2 heteroatoms. The van der Waals surface area contributed by atoms with E-state index in [1.165, 1.54) is 32.1 Å². The van der Waals surface area contributed by atoms with Crippen LogP contribution in [0.25, 0.3) is 0 Å². The van der Waals surface area contributed by atoms with Gasteiger partial charge in [-0.1, -0.05) is 32.1 Å². The van der Waals surface area contributed by atoms with E-state index in [0.29, 0.717) is 12.3 Å². The predicted octanol–water partition coefficient (Wildman–Crippen LogP) is 2.29. The molecule has 0 aromatic heterocycles. The molecular weight excluding hydrogens is 155 g/mol. The van der Waals surface area contributed by atoms with E-state index in [2.05, 4.69) is 0 Å². The number of hydrogen-bond acceptors (Lipinski definition) is 1. The van der Waals surface area contributed by atoms with Crippen LogP contribution < -0.4 is 0 Å². The Morgan fingerprint density at radius 3 is 2.42 bits per heavy atom. The molecule has 0 saturated heterocycles. The van der Waals surface area contributed by atoms with Gasteiger partial charge in [0.15, 0.2) is 0 Å². The van der Waals surface area contributed by atoms with Crippen molar-refractivity contribution in [3.8, 4) is 0 Å². The maximum Gasteiger partial charge on any atom is 0.137 e. The molecule has 2 atom stereocenters. The fourth-order valence-corrected chi connectivity index (χ4v) is 2.61. The van der Waals surface area contributed by atoms with Crippen molar-refractivity contribution >= 4 is 0 Å². The van der Waals surface area contributed by atoms with Crippen molar-refractivity contribution in [2.75, 3.05) is 6.61 Å². The summed E-state index contributed by atoms with van der Waals surface area (Å²) in [7, 11) is 0. The highest BCUT2D eigenvalue weighted by Gasteiger charge is 2.57. The molecule has 1 nitrogen and oxygen atoms in total. The molecule has 1 N–H and O–H groups in total. The van der Waals surface area contributed by atoms with Gasteiger partial charge in [-0.2, -0.15) is 0 Å². The summed E-state index contributed by atoms with van der Waals surface area (Å²) in [5, 5.41) is 8.79. The molecule has 2 rings (SSSR count). The third kappa shape index (κ3) is 1.37. The Labute approximate surface area is 73.0 Å². The topological polar surface area (TPSA) is 20.2 Å². The Kier molecular flexibility index (Phi) is 2.11. The van der Waals surface area contributed by atoms with Crippen molar-refractivity contribution in [3.05, 3.63) is 0 Å². The molecule has 2 fully saturated rings. The van der Waals surface area contributed by atoms with Crippen molar-refractivity contribution < 1.29 is 9.50 Å². The Morgan fingerprint density at radius 2 is 1.92 bits per heavy atom. The second kappa shape index (κ2) is 2.99. The summed E-state index contributed by atoms with van der Waals surface area (Å²) in [6.07, 6.45) is 6.85. The molecule has 12 heavy (non-hydrogen) atoms. The minimum Gasteiger partial charge on any atom is -0.393 e. The SMILES string of the molecule is OC[C@]1(F)C[C@@H]1C1CCCCC1. The van der Waals surface area contributed by atoms with Crippen LogP contribution in [0.2, 0.25) is 0 Å². The summed E-state index contributed by atoms with van der Waals surface area (Å²) in [5.74, 6) is 0.777. The van der Waals surface area contributed by atoms with Gasteiger partial charge in [0.2, 0.25) is 0 Å². The Balaban J connectivity index is 1.86. The van der Waals surface area contributed by atoms with Crippen molar-refractivity contribution in [1.29, 1.82) is 0 Å². The molecule has 0 radical (unpaired) electrons. The maximum absolute atomic E-state index is 13.4. The van der Waals surface area contributed by atoms with Gasteiger partial charge >= 0.3 is 0 Å². The van der Waals surface area contributed by atoms with Crippen LogP contribution in [0, 0.1) is 11.8 Å². The first-order valence-electron chi connectivity index (χ1n) is 5.06. The second-order valence-electron chi connectivity index (χ2n) is 4.40. The number of halogens is 1. The molecule has 2 aliphatic rings. The van der Waals surface area contributed by atoms with Crippen molar-refractivity contribution in [2.24, 2.45) is 11.8 Å². The molecule has 2 aliphatic carbocycles. The quantitative estimate of drug-likeness (QED) is 0.677. The summed E-state index contributed by atoms with van der Waals surface area (Å²) in [5.41, 5.74) is -1.18. The summed E-state index contributed by atoms with van der Waals surface area (Å²) < 4.78 is 13.4. The fraction of sp³-hybridized carbons (Fsp3) is 1.00. The third-order valence-corrected chi connectivity index (χ3v) is 3.55. The van der Waals surface area contributed by atoms with Crippen LogP contribution in [0.4, 0.5) is 4.39 Å². The van der Waals surface area contributed by atoms with Crippen LogP contribution in [0.3, 0.4) is 0 Å². The monoisotopic (exact) mass is 172 g/mol. The molecule has 0 aliphatic heterocycles. The minimum atomic E-state index is -1.18. The molecule has 0 amide bonds. The largest absolute Gasteiger partial charge is 0.393 e. The van der Waals surface area contributed by atoms with E-state index in [4.69, 9.17) is 5.11 Å². The summed E-state index contributed by atoms with van der Waals surface area (Å²) in [6, 6.07) is 0. The molecule has 70 valence electrons. The minimum absolute atomic E-state index is 0.197. The van der Waals surface area contributed by atoms with Crippen molar-refractivity contribution in [2.45, 2.75) is 44.2 Å². The van der Waals surface area contributed by atoms with Gasteiger partial charge in [-0.3, -0.25) is 0 Å². The van der Waals surface area contributed by atoms with Gasteiger partial charge in [-0.25, -0.2) is 4.39 Å². The van der Waals surface area contributed by atoms with Crippen LogP contribution in [0.5, 0.6) is 0 Å². The smallest absolute Gasteiger partial charge is 0.137 e. The average Bonchev–Trinajstić information content (AvgIpc) is 2.81. The normalized spacial score (nSPS) is 43.0. The lowest BCUT2D eigenvalue weighted by Gasteiger charge is -2.22. The highest BCUT2D eigenvalue weighted by atomic mass is 19.1. The van der Waals surface area contributed by atoms with Gasteiger partial charge in [-0.05, 0) is 12.3 Å². The van der Waals surface area contributed by atoms with Gasteiger partial charge < -0.3 is 5.11 Å². The van der Waals surface area contributed by atoms with E-state index < -0.39 is 5.67 Å². The molecule has 0 aromatic rings. The predicted molar refractivity (Wildman–Crippen MR) is 45.6 cm³/mol. The van der Waals surface area contributed by atoms with Crippen molar-refractivity contribution in [1.82, 2.24) is 0 Å². The van der Waals surface area contributed by atoms with Gasteiger partial charge in [0, 0.05) is 5.92 Å². The number of rotatable bonds is 2. The van der Waals surface area contributed by atoms with Crippen LogP contribution in [0.1, 0.15) is 38.5 Å². The van der Waals surface area contributed by atoms with Crippen LogP contribution in [-0.4, -0.2) is 17.4 Å². The molecule has 0 bridgehead atoms. The standard InChI is InChI=1S/C10H17FO/c11-10(7-12)6-9(10)8-4-2-1-3-5-8/h8-9,12H,1-7H2/t9-,10-/m1/s1. The van der Waals surface area contributed by atoms with E-state index in [1.807, 2.05) is 0 Å². The second-order valence-corrected chi connectivity index (χ2v) is 4.40. The lowest BCUT2D eigenvalue weighted by molar-refractivity contribution is 0.126. The molecule has 0 aromatic carbocycles. The Morgan fingerprint density at radius 1 is 1.25 bits per heavy atom. The molecular formula is C10H17FO. The van der Waals surface area contributed by atoms with Gasteiger partial charge in [0.25, 0.3) is 0 Å². The summed E-state index contributed by atoms with van der Waals surface area (Å²) in [4.78, 5) is 0. The third-order valence-electron chi connectivity index (χ3n) is 3.55. The molecule has 2 saturated carbocycles. The first kappa shape index (κ1) is 8.49. The van der Waals surface area contributed by atoms with Gasteiger partial charge in [0.05, 0.1) is 6.61 Å². The van der Waals surface area contributed by atoms with E-state index >= 15 is 0 Å². The zero-order chi connectivity index (χ0) is 8.60. The average molecular weight is 172 g/mol. The molecule has 0 spiro atoms. The lowest BCUT2D eigenvalue weighted by Crippen LogP contribution is -2.18. The van der Waals surface area contributed by atoms with E-state index in [0.717, 1.165) is 0 Å². The zero-order valence-electron chi connectivity index (χ0n) is 7.43. The van der Waals surface area contributed by atoms with Gasteiger partial charge in [-0.15, -0.1) is 0 Å². The van der Waals surface area contributed by atoms with Crippen LogP contribution in [-0.2, 0) is 0 Å². The highest BCUT2D eigenvalue weighted by Crippen LogP contribution is 2.54. The molecule has 0 heterocycles. The Bertz CT molecular complexity index is 162. The summed E-state index contributed by atoms with van der Waals surface area (Å²) >= 11 is 0. The van der Waals surface area contributed by atoms with Crippen molar-refractivity contribution in [3.63, 3.8) is 0 Å². The zero-order valence-corrected chi connectivity index (χ0v) is 7.43. The maximum atomic E-state index is 13.4. The van der Waals surface area contributed by atoms with E-state index in [-0.39, 0.29) is 12.5 Å². The fourth-order valence-electron chi connectivity index (χ4n) is 2.61. The van der Waals surface area contributed by atoms with Gasteiger partial charge in [0.1, 0.15) is 5.67 Å². The first-order valence-corrected chi connectivity index (χ1v) is 5.06. The van der Waals surface area contributed by atoms with Crippen LogP contribution >= 0.6 is 0 Å². The number of aliphatic hydroxyl groups is 1. The van der Waals surface area contributed by atoms with Crippen LogP contribution in [0.15, 0.2) is 0 Å².